The summed E-state index contributed by atoms with van der Waals surface area (Å²) in [6.07, 6.45) is 9.10. The van der Waals surface area contributed by atoms with Gasteiger partial charge in [-0.15, -0.1) is 0 Å². The summed E-state index contributed by atoms with van der Waals surface area (Å²) in [6.45, 7) is 0. The minimum absolute atomic E-state index is 0.685. The Kier molecular flexibility index (Phi) is 1.64. The van der Waals surface area contributed by atoms with Crippen LogP contribution in [-0.4, -0.2) is 15.8 Å². The summed E-state index contributed by atoms with van der Waals surface area (Å²) < 4.78 is 1.85. The molecule has 0 unspecified atom stereocenters. The van der Waals surface area contributed by atoms with Crippen molar-refractivity contribution < 1.29 is 0 Å². The Balaban J connectivity index is 1.55. The van der Waals surface area contributed by atoms with Crippen molar-refractivity contribution in [2.24, 2.45) is 12.5 Å². The normalized spacial score (nSPS) is 24.4. The molecule has 3 heteroatoms. The smallest absolute Gasteiger partial charge is 0.148 e. The van der Waals surface area contributed by atoms with E-state index in [-0.39, 0.29) is 0 Å². The Labute approximate surface area is 84.5 Å². The highest BCUT2D eigenvalue weighted by atomic mass is 15.3. The summed E-state index contributed by atoms with van der Waals surface area (Å²) in [5.74, 6) is 1.03. The van der Waals surface area contributed by atoms with Gasteiger partial charge in [-0.3, -0.25) is 4.68 Å². The molecule has 3 rings (SSSR count). The summed E-state index contributed by atoms with van der Waals surface area (Å²) in [7, 11) is 1.96. The largest absolute Gasteiger partial charge is 0.366 e. The van der Waals surface area contributed by atoms with Crippen LogP contribution in [0.25, 0.3) is 0 Å². The van der Waals surface area contributed by atoms with Crippen LogP contribution in [0.5, 0.6) is 0 Å². The Morgan fingerprint density at radius 3 is 2.79 bits per heavy atom. The topological polar surface area (TPSA) is 29.9 Å². The third-order valence-electron chi connectivity index (χ3n) is 3.84. The number of nitrogens with one attached hydrogen (secondary N) is 1. The van der Waals surface area contributed by atoms with E-state index >= 15 is 0 Å². The first kappa shape index (κ1) is 8.33. The predicted octanol–water partition coefficient (Wildman–Crippen LogP) is 2.16. The molecule has 0 aliphatic heterocycles. The Bertz CT molecular complexity index is 330. The second-order valence-electron chi connectivity index (χ2n) is 4.98. The van der Waals surface area contributed by atoms with Crippen LogP contribution in [0.1, 0.15) is 32.1 Å². The molecule has 0 saturated heterocycles. The zero-order chi connectivity index (χ0) is 9.60. The van der Waals surface area contributed by atoms with E-state index in [1.807, 2.05) is 24.0 Å². The van der Waals surface area contributed by atoms with Gasteiger partial charge in [0.2, 0.25) is 0 Å². The van der Waals surface area contributed by atoms with Crippen LogP contribution in [0.3, 0.4) is 0 Å². The number of rotatable bonds is 2. The molecule has 1 aromatic heterocycles. The van der Waals surface area contributed by atoms with Crippen molar-refractivity contribution in [2.75, 3.05) is 5.32 Å². The lowest BCUT2D eigenvalue weighted by molar-refractivity contribution is 0.0191. The highest BCUT2D eigenvalue weighted by molar-refractivity contribution is 5.35. The van der Waals surface area contributed by atoms with Crippen molar-refractivity contribution in [3.63, 3.8) is 0 Å². The highest BCUT2D eigenvalue weighted by Crippen LogP contribution is 2.56. The molecule has 2 saturated carbocycles. The predicted molar refractivity (Wildman–Crippen MR) is 56.1 cm³/mol. The first-order chi connectivity index (χ1) is 6.76. The number of aromatic nitrogens is 2. The molecule has 0 radical (unpaired) electrons. The number of aryl methyl sites for hydroxylation is 1. The maximum absolute atomic E-state index is 4.33. The molecule has 1 aromatic rings. The average molecular weight is 191 g/mol. The van der Waals surface area contributed by atoms with E-state index in [1.165, 1.54) is 32.1 Å². The maximum atomic E-state index is 4.33. The van der Waals surface area contributed by atoms with E-state index in [4.69, 9.17) is 0 Å². The average Bonchev–Trinajstić information content (AvgIpc) is 2.39. The van der Waals surface area contributed by atoms with Crippen molar-refractivity contribution in [2.45, 2.75) is 38.1 Å². The third kappa shape index (κ3) is 1.22. The second kappa shape index (κ2) is 2.75. The molecule has 2 aliphatic carbocycles. The number of anilines is 1. The van der Waals surface area contributed by atoms with E-state index in [2.05, 4.69) is 10.4 Å². The van der Waals surface area contributed by atoms with Gasteiger partial charge in [0.1, 0.15) is 5.82 Å². The van der Waals surface area contributed by atoms with Gasteiger partial charge in [0, 0.05) is 25.4 Å². The summed E-state index contributed by atoms with van der Waals surface area (Å²) >= 11 is 0. The second-order valence-corrected chi connectivity index (χ2v) is 4.98. The molecule has 0 bridgehead atoms. The Morgan fingerprint density at radius 1 is 1.50 bits per heavy atom. The number of hydrogen-bond acceptors (Lipinski definition) is 2. The molecule has 2 aliphatic rings. The molecule has 2 fully saturated rings. The first-order valence-corrected chi connectivity index (χ1v) is 5.52. The van der Waals surface area contributed by atoms with E-state index in [9.17, 15) is 0 Å². The summed E-state index contributed by atoms with van der Waals surface area (Å²) in [4.78, 5) is 0. The zero-order valence-corrected chi connectivity index (χ0v) is 8.66. The van der Waals surface area contributed by atoms with Gasteiger partial charge in [0.15, 0.2) is 0 Å². The quantitative estimate of drug-likeness (QED) is 0.776. The van der Waals surface area contributed by atoms with E-state index < -0.39 is 0 Å². The molecule has 14 heavy (non-hydrogen) atoms. The lowest BCUT2D eigenvalue weighted by Crippen LogP contribution is -2.49. The molecule has 0 amide bonds. The SMILES string of the molecule is Cn1ccc(NC2CC3(CCC3)C2)n1. The fourth-order valence-electron chi connectivity index (χ4n) is 2.87. The van der Waals surface area contributed by atoms with Gasteiger partial charge in [0.05, 0.1) is 0 Å². The molecular formula is C11H17N3. The van der Waals surface area contributed by atoms with Crippen LogP contribution >= 0.6 is 0 Å². The van der Waals surface area contributed by atoms with Crippen molar-refractivity contribution >= 4 is 5.82 Å². The van der Waals surface area contributed by atoms with Crippen LogP contribution in [0, 0.1) is 5.41 Å². The van der Waals surface area contributed by atoms with Gasteiger partial charge in [-0.2, -0.15) is 5.10 Å². The van der Waals surface area contributed by atoms with Gasteiger partial charge in [-0.1, -0.05) is 6.42 Å². The van der Waals surface area contributed by atoms with Gasteiger partial charge < -0.3 is 5.32 Å². The molecule has 1 N–H and O–H groups in total. The summed E-state index contributed by atoms with van der Waals surface area (Å²) in [5, 5.41) is 7.82. The van der Waals surface area contributed by atoms with Crippen LogP contribution in [-0.2, 0) is 7.05 Å². The lowest BCUT2D eigenvalue weighted by Gasteiger charge is -2.54. The Hall–Kier alpha value is -0.990. The zero-order valence-electron chi connectivity index (χ0n) is 8.66. The fourth-order valence-corrected chi connectivity index (χ4v) is 2.87. The van der Waals surface area contributed by atoms with Crippen molar-refractivity contribution in [1.82, 2.24) is 9.78 Å². The van der Waals surface area contributed by atoms with Crippen LogP contribution in [0.2, 0.25) is 0 Å². The summed E-state index contributed by atoms with van der Waals surface area (Å²) in [5.41, 5.74) is 0.756. The van der Waals surface area contributed by atoms with Gasteiger partial charge >= 0.3 is 0 Å². The van der Waals surface area contributed by atoms with Crippen molar-refractivity contribution in [3.05, 3.63) is 12.3 Å². The molecule has 0 atom stereocenters. The van der Waals surface area contributed by atoms with Gasteiger partial charge in [-0.25, -0.2) is 0 Å². The first-order valence-electron chi connectivity index (χ1n) is 5.52. The molecule has 1 heterocycles. The van der Waals surface area contributed by atoms with Crippen LogP contribution in [0.4, 0.5) is 5.82 Å². The van der Waals surface area contributed by atoms with E-state index in [1.54, 1.807) is 0 Å². The van der Waals surface area contributed by atoms with Gasteiger partial charge in [0.25, 0.3) is 0 Å². The highest BCUT2D eigenvalue weighted by Gasteiger charge is 2.48. The van der Waals surface area contributed by atoms with Crippen LogP contribution < -0.4 is 5.32 Å². The fraction of sp³-hybridized carbons (Fsp3) is 0.727. The number of hydrogen-bond donors (Lipinski definition) is 1. The molecule has 3 nitrogen and oxygen atoms in total. The Morgan fingerprint density at radius 2 is 2.29 bits per heavy atom. The molecule has 76 valence electrons. The third-order valence-corrected chi connectivity index (χ3v) is 3.84. The van der Waals surface area contributed by atoms with Gasteiger partial charge in [-0.05, 0) is 31.1 Å². The minimum Gasteiger partial charge on any atom is -0.366 e. The minimum atomic E-state index is 0.685. The molecule has 1 spiro atoms. The maximum Gasteiger partial charge on any atom is 0.148 e. The van der Waals surface area contributed by atoms with Crippen molar-refractivity contribution in [3.8, 4) is 0 Å². The van der Waals surface area contributed by atoms with Crippen molar-refractivity contribution in [1.29, 1.82) is 0 Å². The number of nitrogens with zero attached hydrogens (tertiary/aromatic N) is 2. The standard InChI is InChI=1S/C11H17N3/c1-14-6-3-10(13-14)12-9-7-11(8-9)4-2-5-11/h3,6,9H,2,4-5,7-8H2,1H3,(H,12,13). The monoisotopic (exact) mass is 191 g/mol. The van der Waals surface area contributed by atoms with E-state index in [0.717, 1.165) is 11.2 Å². The lowest BCUT2D eigenvalue weighted by atomic mass is 9.54. The van der Waals surface area contributed by atoms with E-state index in [0.29, 0.717) is 6.04 Å². The van der Waals surface area contributed by atoms with Crippen LogP contribution in [0.15, 0.2) is 12.3 Å². The molecular weight excluding hydrogens is 174 g/mol. The summed E-state index contributed by atoms with van der Waals surface area (Å²) in [6, 6.07) is 2.73. The molecule has 0 aromatic carbocycles.